The SMILES string of the molecule is CCc1cc(=O)c2c(F)ccc(Cl)c2[nH]1. The number of rotatable bonds is 1. The van der Waals surface area contributed by atoms with E-state index >= 15 is 0 Å². The molecule has 2 aromatic rings. The van der Waals surface area contributed by atoms with Gasteiger partial charge in [0.1, 0.15) is 5.82 Å². The number of fused-ring (bicyclic) bond motifs is 1. The standard InChI is InChI=1S/C11H9ClFNO/c1-2-6-5-9(15)10-8(13)4-3-7(12)11(10)14-6/h3-5H,2H2,1H3,(H,14,15). The molecule has 1 heterocycles. The van der Waals surface area contributed by atoms with Crippen LogP contribution in [0.2, 0.25) is 5.02 Å². The molecule has 0 saturated heterocycles. The van der Waals surface area contributed by atoms with Crippen molar-refractivity contribution in [3.05, 3.63) is 45.0 Å². The number of aromatic nitrogens is 1. The van der Waals surface area contributed by atoms with Gasteiger partial charge in [-0.3, -0.25) is 4.79 Å². The van der Waals surface area contributed by atoms with Gasteiger partial charge in [0.2, 0.25) is 0 Å². The van der Waals surface area contributed by atoms with Gasteiger partial charge in [0.25, 0.3) is 0 Å². The molecule has 0 radical (unpaired) electrons. The van der Waals surface area contributed by atoms with Gasteiger partial charge in [-0.1, -0.05) is 18.5 Å². The largest absolute Gasteiger partial charge is 0.357 e. The average molecular weight is 226 g/mol. The van der Waals surface area contributed by atoms with Crippen molar-refractivity contribution in [3.63, 3.8) is 0 Å². The molecule has 0 fully saturated rings. The summed E-state index contributed by atoms with van der Waals surface area (Å²) < 4.78 is 13.4. The summed E-state index contributed by atoms with van der Waals surface area (Å²) in [7, 11) is 0. The van der Waals surface area contributed by atoms with Crippen LogP contribution in [0.1, 0.15) is 12.6 Å². The zero-order valence-corrected chi connectivity index (χ0v) is 8.86. The zero-order chi connectivity index (χ0) is 11.0. The van der Waals surface area contributed by atoms with E-state index in [1.54, 1.807) is 0 Å². The summed E-state index contributed by atoms with van der Waals surface area (Å²) in [5.74, 6) is -0.543. The van der Waals surface area contributed by atoms with Gasteiger partial charge in [-0.2, -0.15) is 0 Å². The molecule has 0 amide bonds. The first kappa shape index (κ1) is 10.2. The molecule has 0 saturated carbocycles. The Morgan fingerprint density at radius 1 is 1.47 bits per heavy atom. The van der Waals surface area contributed by atoms with Crippen molar-refractivity contribution >= 4 is 22.5 Å². The fourth-order valence-corrected chi connectivity index (χ4v) is 1.74. The molecule has 0 atom stereocenters. The van der Waals surface area contributed by atoms with Crippen molar-refractivity contribution in [1.82, 2.24) is 4.98 Å². The lowest BCUT2D eigenvalue weighted by Gasteiger charge is -2.04. The lowest BCUT2D eigenvalue weighted by atomic mass is 10.1. The van der Waals surface area contributed by atoms with Gasteiger partial charge in [-0.05, 0) is 18.6 Å². The quantitative estimate of drug-likeness (QED) is 0.795. The normalized spacial score (nSPS) is 10.9. The number of benzene rings is 1. The van der Waals surface area contributed by atoms with Crippen LogP contribution in [0.3, 0.4) is 0 Å². The number of halogens is 2. The summed E-state index contributed by atoms with van der Waals surface area (Å²) in [6.45, 7) is 1.91. The molecular weight excluding hydrogens is 217 g/mol. The van der Waals surface area contributed by atoms with E-state index in [9.17, 15) is 9.18 Å². The monoisotopic (exact) mass is 225 g/mol. The Morgan fingerprint density at radius 3 is 2.87 bits per heavy atom. The molecule has 0 aliphatic carbocycles. The van der Waals surface area contributed by atoms with Gasteiger partial charge in [-0.15, -0.1) is 0 Å². The Hall–Kier alpha value is -1.35. The van der Waals surface area contributed by atoms with Crippen LogP contribution < -0.4 is 5.43 Å². The minimum atomic E-state index is -0.543. The molecule has 0 spiro atoms. The van der Waals surface area contributed by atoms with Gasteiger partial charge in [0, 0.05) is 11.8 Å². The molecule has 0 unspecified atom stereocenters. The smallest absolute Gasteiger partial charge is 0.192 e. The molecule has 0 aliphatic rings. The number of aromatic amines is 1. The van der Waals surface area contributed by atoms with E-state index in [1.165, 1.54) is 18.2 Å². The topological polar surface area (TPSA) is 32.9 Å². The molecule has 4 heteroatoms. The molecule has 1 aromatic carbocycles. The van der Waals surface area contributed by atoms with Gasteiger partial charge in [-0.25, -0.2) is 4.39 Å². The van der Waals surface area contributed by atoms with Crippen molar-refractivity contribution in [3.8, 4) is 0 Å². The Balaban J connectivity index is 2.97. The maximum absolute atomic E-state index is 13.4. The van der Waals surface area contributed by atoms with Crippen molar-refractivity contribution < 1.29 is 4.39 Å². The highest BCUT2D eigenvalue weighted by Crippen LogP contribution is 2.21. The first-order valence-corrected chi connectivity index (χ1v) is 5.01. The second kappa shape index (κ2) is 3.66. The van der Waals surface area contributed by atoms with E-state index < -0.39 is 5.82 Å². The van der Waals surface area contributed by atoms with E-state index in [-0.39, 0.29) is 10.8 Å². The van der Waals surface area contributed by atoms with Crippen LogP contribution >= 0.6 is 11.6 Å². The van der Waals surface area contributed by atoms with Crippen LogP contribution in [-0.4, -0.2) is 4.98 Å². The number of aryl methyl sites for hydroxylation is 1. The van der Waals surface area contributed by atoms with Crippen molar-refractivity contribution in [2.24, 2.45) is 0 Å². The molecule has 2 nitrogen and oxygen atoms in total. The average Bonchev–Trinajstić information content (AvgIpc) is 2.23. The zero-order valence-electron chi connectivity index (χ0n) is 8.10. The third-order valence-electron chi connectivity index (χ3n) is 2.32. The maximum atomic E-state index is 13.4. The summed E-state index contributed by atoms with van der Waals surface area (Å²) in [4.78, 5) is 14.6. The van der Waals surface area contributed by atoms with E-state index in [0.29, 0.717) is 17.0 Å². The first-order valence-electron chi connectivity index (χ1n) is 4.63. The van der Waals surface area contributed by atoms with Crippen molar-refractivity contribution in [2.45, 2.75) is 13.3 Å². The molecule has 1 aromatic heterocycles. The number of H-pyrrole nitrogens is 1. The first-order chi connectivity index (χ1) is 7.13. The Labute approximate surface area is 90.7 Å². The van der Waals surface area contributed by atoms with Crippen LogP contribution in [-0.2, 0) is 6.42 Å². The Morgan fingerprint density at radius 2 is 2.20 bits per heavy atom. The van der Waals surface area contributed by atoms with Crippen LogP contribution in [0.15, 0.2) is 23.0 Å². The Kier molecular flexibility index (Phi) is 2.49. The highest BCUT2D eigenvalue weighted by atomic mass is 35.5. The lowest BCUT2D eigenvalue weighted by molar-refractivity contribution is 0.639. The Bertz CT molecular complexity index is 577. The summed E-state index contributed by atoms with van der Waals surface area (Å²) in [5, 5.41) is 0.388. The molecule has 2 rings (SSSR count). The molecule has 0 aliphatic heterocycles. The number of hydrogen-bond acceptors (Lipinski definition) is 1. The second-order valence-electron chi connectivity index (χ2n) is 3.29. The maximum Gasteiger partial charge on any atom is 0.192 e. The number of hydrogen-bond donors (Lipinski definition) is 1. The molecular formula is C11H9ClFNO. The molecule has 1 N–H and O–H groups in total. The van der Waals surface area contributed by atoms with E-state index in [4.69, 9.17) is 11.6 Å². The summed E-state index contributed by atoms with van der Waals surface area (Å²) in [6, 6.07) is 4.04. The van der Waals surface area contributed by atoms with Gasteiger partial charge in [0.05, 0.1) is 15.9 Å². The second-order valence-corrected chi connectivity index (χ2v) is 3.70. The fourth-order valence-electron chi connectivity index (χ4n) is 1.53. The predicted octanol–water partition coefficient (Wildman–Crippen LogP) is 2.88. The summed E-state index contributed by atoms with van der Waals surface area (Å²) in [6.07, 6.45) is 0.679. The van der Waals surface area contributed by atoms with Crippen LogP contribution in [0.5, 0.6) is 0 Å². The summed E-state index contributed by atoms with van der Waals surface area (Å²) >= 11 is 5.89. The van der Waals surface area contributed by atoms with Crippen LogP contribution in [0.25, 0.3) is 10.9 Å². The summed E-state index contributed by atoms with van der Waals surface area (Å²) in [5.41, 5.74) is 0.793. The van der Waals surface area contributed by atoms with E-state index in [1.807, 2.05) is 6.92 Å². The van der Waals surface area contributed by atoms with E-state index in [2.05, 4.69) is 4.98 Å². The van der Waals surface area contributed by atoms with E-state index in [0.717, 1.165) is 5.69 Å². The molecule has 0 bridgehead atoms. The highest BCUT2D eigenvalue weighted by molar-refractivity contribution is 6.35. The lowest BCUT2D eigenvalue weighted by Crippen LogP contribution is -2.06. The van der Waals surface area contributed by atoms with Gasteiger partial charge >= 0.3 is 0 Å². The van der Waals surface area contributed by atoms with Gasteiger partial charge < -0.3 is 4.98 Å². The highest BCUT2D eigenvalue weighted by Gasteiger charge is 2.09. The predicted molar refractivity (Wildman–Crippen MR) is 58.9 cm³/mol. The third-order valence-corrected chi connectivity index (χ3v) is 2.64. The van der Waals surface area contributed by atoms with Crippen LogP contribution in [0, 0.1) is 5.82 Å². The van der Waals surface area contributed by atoms with Gasteiger partial charge in [0.15, 0.2) is 5.43 Å². The van der Waals surface area contributed by atoms with Crippen molar-refractivity contribution in [1.29, 1.82) is 0 Å². The number of nitrogens with one attached hydrogen (secondary N) is 1. The fraction of sp³-hybridized carbons (Fsp3) is 0.182. The number of pyridine rings is 1. The molecule has 78 valence electrons. The minimum absolute atomic E-state index is 0.0275. The van der Waals surface area contributed by atoms with Crippen molar-refractivity contribution in [2.75, 3.05) is 0 Å². The molecule has 15 heavy (non-hydrogen) atoms. The van der Waals surface area contributed by atoms with Crippen LogP contribution in [0.4, 0.5) is 4.39 Å². The third kappa shape index (κ3) is 1.63. The minimum Gasteiger partial charge on any atom is -0.357 e.